The third-order valence-corrected chi connectivity index (χ3v) is 2.62. The first-order valence-electron chi connectivity index (χ1n) is 3.94. The summed E-state index contributed by atoms with van der Waals surface area (Å²) >= 11 is 3.16. The number of halogens is 1. The molecule has 1 aromatic rings. The summed E-state index contributed by atoms with van der Waals surface area (Å²) in [7, 11) is 1.64. The third kappa shape index (κ3) is 1.75. The first kappa shape index (κ1) is 10.2. The van der Waals surface area contributed by atoms with Crippen LogP contribution in [0.1, 0.15) is 25.5 Å². The van der Waals surface area contributed by atoms with Gasteiger partial charge in [-0.1, -0.05) is 13.8 Å². The maximum Gasteiger partial charge on any atom is 0.328 e. The minimum absolute atomic E-state index is 0.134. The van der Waals surface area contributed by atoms with Gasteiger partial charge < -0.3 is 0 Å². The second kappa shape index (κ2) is 3.49. The molecule has 0 aromatic carbocycles. The fourth-order valence-corrected chi connectivity index (χ4v) is 2.07. The van der Waals surface area contributed by atoms with E-state index in [2.05, 4.69) is 20.9 Å². The van der Waals surface area contributed by atoms with E-state index in [1.807, 2.05) is 13.8 Å². The molecule has 72 valence electrons. The number of aromatic amines is 1. The van der Waals surface area contributed by atoms with Crippen molar-refractivity contribution >= 4 is 15.9 Å². The largest absolute Gasteiger partial charge is 0.328 e. The summed E-state index contributed by atoms with van der Waals surface area (Å²) < 4.78 is 1.88. The average Bonchev–Trinajstić information content (AvgIpc) is 2.01. The predicted octanol–water partition coefficient (Wildman–Crippen LogP) is 0.960. The van der Waals surface area contributed by atoms with Crippen molar-refractivity contribution in [1.82, 2.24) is 9.55 Å². The Kier molecular flexibility index (Phi) is 2.75. The van der Waals surface area contributed by atoms with Gasteiger partial charge in [0, 0.05) is 12.7 Å². The molecular weight excluding hydrogens is 236 g/mol. The van der Waals surface area contributed by atoms with E-state index >= 15 is 0 Å². The fourth-order valence-electron chi connectivity index (χ4n) is 1.25. The van der Waals surface area contributed by atoms with E-state index in [0.717, 1.165) is 0 Å². The third-order valence-electron chi connectivity index (χ3n) is 1.86. The Morgan fingerprint density at radius 3 is 2.38 bits per heavy atom. The van der Waals surface area contributed by atoms with E-state index in [4.69, 9.17) is 0 Å². The highest BCUT2D eigenvalue weighted by Crippen LogP contribution is 2.18. The van der Waals surface area contributed by atoms with Crippen molar-refractivity contribution in [3.05, 3.63) is 31.0 Å². The number of nitrogens with zero attached hydrogens (tertiary/aromatic N) is 1. The lowest BCUT2D eigenvalue weighted by Gasteiger charge is -2.11. The Morgan fingerprint density at radius 2 is 1.92 bits per heavy atom. The number of aromatic nitrogens is 2. The van der Waals surface area contributed by atoms with Gasteiger partial charge in [-0.2, -0.15) is 0 Å². The Bertz CT molecular complexity index is 397. The highest BCUT2D eigenvalue weighted by Gasteiger charge is 2.12. The lowest BCUT2D eigenvalue weighted by Crippen LogP contribution is -2.32. The lowest BCUT2D eigenvalue weighted by molar-refractivity contribution is 0.671. The van der Waals surface area contributed by atoms with Crippen LogP contribution in [0.25, 0.3) is 0 Å². The van der Waals surface area contributed by atoms with Gasteiger partial charge in [0.1, 0.15) is 4.47 Å². The zero-order chi connectivity index (χ0) is 10.2. The summed E-state index contributed by atoms with van der Waals surface area (Å²) in [5.74, 6) is 0.134. The Hall–Kier alpha value is -0.840. The molecule has 0 saturated carbocycles. The van der Waals surface area contributed by atoms with Gasteiger partial charge in [-0.05, 0) is 21.8 Å². The van der Waals surface area contributed by atoms with Crippen LogP contribution in [0.15, 0.2) is 14.1 Å². The normalized spacial score (nSPS) is 10.8. The Balaban J connectivity index is 3.66. The minimum Gasteiger partial charge on any atom is -0.299 e. The number of hydrogen-bond donors (Lipinski definition) is 1. The van der Waals surface area contributed by atoms with Crippen molar-refractivity contribution in [3.8, 4) is 0 Å². The maximum absolute atomic E-state index is 11.2. The molecule has 0 spiro atoms. The highest BCUT2D eigenvalue weighted by molar-refractivity contribution is 9.10. The molecule has 1 aromatic heterocycles. The van der Waals surface area contributed by atoms with Crippen LogP contribution in [0.5, 0.6) is 0 Å². The molecule has 0 aliphatic heterocycles. The molecule has 1 N–H and O–H groups in total. The smallest absolute Gasteiger partial charge is 0.299 e. The van der Waals surface area contributed by atoms with Crippen LogP contribution >= 0.6 is 15.9 Å². The molecule has 0 unspecified atom stereocenters. The molecule has 1 heterocycles. The highest BCUT2D eigenvalue weighted by atomic mass is 79.9. The zero-order valence-corrected chi connectivity index (χ0v) is 9.31. The van der Waals surface area contributed by atoms with E-state index in [-0.39, 0.29) is 17.2 Å². The van der Waals surface area contributed by atoms with Crippen LogP contribution < -0.4 is 11.2 Å². The van der Waals surface area contributed by atoms with Gasteiger partial charge in [0.25, 0.3) is 5.56 Å². The molecule has 0 aliphatic rings. The van der Waals surface area contributed by atoms with E-state index in [1.54, 1.807) is 7.05 Å². The summed E-state index contributed by atoms with van der Waals surface area (Å²) in [6.07, 6.45) is 0. The Morgan fingerprint density at radius 1 is 1.38 bits per heavy atom. The molecule has 0 bridgehead atoms. The summed E-state index contributed by atoms with van der Waals surface area (Å²) in [6.45, 7) is 3.86. The molecule has 4 nitrogen and oxygen atoms in total. The van der Waals surface area contributed by atoms with Gasteiger partial charge in [0.15, 0.2) is 0 Å². The molecular formula is C8H11BrN2O2. The van der Waals surface area contributed by atoms with Gasteiger partial charge in [0.2, 0.25) is 0 Å². The number of hydrogen-bond acceptors (Lipinski definition) is 2. The van der Waals surface area contributed by atoms with Crippen LogP contribution in [-0.4, -0.2) is 9.55 Å². The molecule has 1 rings (SSSR count). The first-order valence-corrected chi connectivity index (χ1v) is 4.73. The first-order chi connectivity index (χ1) is 5.95. The molecule has 0 saturated heterocycles. The van der Waals surface area contributed by atoms with Crippen molar-refractivity contribution in [2.45, 2.75) is 19.8 Å². The molecule has 0 aliphatic carbocycles. The van der Waals surface area contributed by atoms with Crippen LogP contribution in [0, 0.1) is 0 Å². The van der Waals surface area contributed by atoms with E-state index in [1.165, 1.54) is 4.57 Å². The van der Waals surface area contributed by atoms with E-state index < -0.39 is 0 Å². The quantitative estimate of drug-likeness (QED) is 0.803. The minimum atomic E-state index is -0.378. The molecule has 0 fully saturated rings. The lowest BCUT2D eigenvalue weighted by atomic mass is 10.1. The fraction of sp³-hybridized carbons (Fsp3) is 0.500. The standard InChI is InChI=1S/C8H11BrN2O2/c1-4(2)6-5(9)7(12)10-8(13)11(6)3/h4H,1-3H3,(H,10,12,13). The van der Waals surface area contributed by atoms with Crippen molar-refractivity contribution in [2.75, 3.05) is 0 Å². The van der Waals surface area contributed by atoms with Crippen LogP contribution in [0.3, 0.4) is 0 Å². The van der Waals surface area contributed by atoms with E-state index in [9.17, 15) is 9.59 Å². The van der Waals surface area contributed by atoms with Crippen molar-refractivity contribution in [3.63, 3.8) is 0 Å². The van der Waals surface area contributed by atoms with Gasteiger partial charge in [-0.3, -0.25) is 14.3 Å². The molecule has 0 amide bonds. The molecule has 13 heavy (non-hydrogen) atoms. The number of nitrogens with one attached hydrogen (secondary N) is 1. The summed E-state index contributed by atoms with van der Waals surface area (Å²) in [5.41, 5.74) is -0.0301. The topological polar surface area (TPSA) is 54.9 Å². The SMILES string of the molecule is CC(C)c1c(Br)c(=O)[nH]c(=O)n1C. The van der Waals surface area contributed by atoms with Gasteiger partial charge in [-0.25, -0.2) is 4.79 Å². The zero-order valence-electron chi connectivity index (χ0n) is 7.72. The molecule has 5 heteroatoms. The second-order valence-corrected chi connectivity index (χ2v) is 3.97. The molecule has 0 radical (unpaired) electrons. The summed E-state index contributed by atoms with van der Waals surface area (Å²) in [4.78, 5) is 24.6. The van der Waals surface area contributed by atoms with Crippen LogP contribution in [0.2, 0.25) is 0 Å². The van der Waals surface area contributed by atoms with Crippen molar-refractivity contribution in [2.24, 2.45) is 7.05 Å². The number of H-pyrrole nitrogens is 1. The van der Waals surface area contributed by atoms with E-state index in [0.29, 0.717) is 10.2 Å². The predicted molar refractivity (Wildman–Crippen MR) is 54.1 cm³/mol. The van der Waals surface area contributed by atoms with Crippen molar-refractivity contribution in [1.29, 1.82) is 0 Å². The van der Waals surface area contributed by atoms with Crippen molar-refractivity contribution < 1.29 is 0 Å². The summed E-state index contributed by atoms with van der Waals surface area (Å²) in [5, 5.41) is 0. The van der Waals surface area contributed by atoms with Gasteiger partial charge in [0.05, 0.1) is 0 Å². The maximum atomic E-state index is 11.2. The average molecular weight is 247 g/mol. The Labute approximate surface area is 83.7 Å². The van der Waals surface area contributed by atoms with Gasteiger partial charge >= 0.3 is 5.69 Å². The van der Waals surface area contributed by atoms with Gasteiger partial charge in [-0.15, -0.1) is 0 Å². The number of rotatable bonds is 1. The second-order valence-electron chi connectivity index (χ2n) is 3.17. The van der Waals surface area contributed by atoms with Crippen LogP contribution in [0.4, 0.5) is 0 Å². The molecule has 0 atom stereocenters. The monoisotopic (exact) mass is 246 g/mol. The van der Waals surface area contributed by atoms with Crippen LogP contribution in [-0.2, 0) is 7.05 Å². The summed E-state index contributed by atoms with van der Waals surface area (Å²) in [6, 6.07) is 0.